The molecule has 0 saturated carbocycles. The van der Waals surface area contributed by atoms with Crippen LogP contribution < -0.4 is 15.0 Å². The topological polar surface area (TPSA) is 87.7 Å². The van der Waals surface area contributed by atoms with Crippen molar-refractivity contribution in [3.63, 3.8) is 0 Å². The number of carbonyl (C=O) groups excluding carboxylic acids is 2. The summed E-state index contributed by atoms with van der Waals surface area (Å²) in [7, 11) is 0. The lowest BCUT2D eigenvalue weighted by Gasteiger charge is -2.39. The molecule has 0 radical (unpaired) electrons. The number of hydrogen-bond acceptors (Lipinski definition) is 6. The van der Waals surface area contributed by atoms with Crippen LogP contribution in [0.3, 0.4) is 0 Å². The fraction of sp³-hybridized carbons (Fsp3) is 0.250. The van der Waals surface area contributed by atoms with Crippen LogP contribution >= 0.6 is 0 Å². The molecule has 8 nitrogen and oxygen atoms in total. The number of nitrogens with zero attached hydrogens (tertiary/aromatic N) is 4. The molecular formula is C24H23N5O3. The van der Waals surface area contributed by atoms with Gasteiger partial charge >= 0.3 is 0 Å². The van der Waals surface area contributed by atoms with E-state index >= 15 is 0 Å². The number of aromatic nitrogens is 2. The van der Waals surface area contributed by atoms with E-state index in [1.54, 1.807) is 17.3 Å². The Hall–Kier alpha value is -3.94. The Morgan fingerprint density at radius 2 is 1.66 bits per heavy atom. The molecule has 162 valence electrons. The molecule has 2 aliphatic rings. The number of nitrogens with one attached hydrogen (secondary N) is 1. The maximum absolute atomic E-state index is 12.5. The highest BCUT2D eigenvalue weighted by molar-refractivity contribution is 5.95. The molecule has 2 amide bonds. The van der Waals surface area contributed by atoms with Gasteiger partial charge in [-0.1, -0.05) is 18.2 Å². The zero-order valence-corrected chi connectivity index (χ0v) is 17.4. The molecule has 8 heteroatoms. The Morgan fingerprint density at radius 1 is 0.906 bits per heavy atom. The minimum absolute atomic E-state index is 0.00555. The molecule has 5 rings (SSSR count). The minimum Gasteiger partial charge on any atom is -0.487 e. The van der Waals surface area contributed by atoms with E-state index in [2.05, 4.69) is 20.4 Å². The van der Waals surface area contributed by atoms with Gasteiger partial charge in [0.25, 0.3) is 5.91 Å². The van der Waals surface area contributed by atoms with Crippen LogP contribution in [0, 0.1) is 5.92 Å². The van der Waals surface area contributed by atoms with E-state index in [0.29, 0.717) is 31.7 Å². The molecule has 3 heterocycles. The second-order valence-corrected chi connectivity index (χ2v) is 8.03. The summed E-state index contributed by atoms with van der Waals surface area (Å²) in [5.41, 5.74) is 2.41. The van der Waals surface area contributed by atoms with Gasteiger partial charge in [-0.05, 0) is 42.5 Å². The quantitative estimate of drug-likeness (QED) is 0.648. The Balaban J connectivity index is 1.06. The molecule has 0 aliphatic carbocycles. The molecule has 1 N–H and O–H groups in total. The van der Waals surface area contributed by atoms with E-state index in [1.807, 2.05) is 60.7 Å². The first-order valence-electron chi connectivity index (χ1n) is 10.6. The van der Waals surface area contributed by atoms with Gasteiger partial charge in [-0.3, -0.25) is 9.59 Å². The highest BCUT2D eigenvalue weighted by Crippen LogP contribution is 2.25. The van der Waals surface area contributed by atoms with Crippen LogP contribution in [0.2, 0.25) is 0 Å². The predicted molar refractivity (Wildman–Crippen MR) is 120 cm³/mol. The van der Waals surface area contributed by atoms with Crippen molar-refractivity contribution in [3.05, 3.63) is 78.6 Å². The first-order valence-corrected chi connectivity index (χ1v) is 10.6. The SMILES string of the molecule is O=C(Nc1ccc(OC2CN(C(=O)c3ccccc3)C2)cc1)C1CN(c2ccnnc2)C1. The lowest BCUT2D eigenvalue weighted by molar-refractivity contribution is -0.120. The van der Waals surface area contributed by atoms with Gasteiger partial charge in [0.1, 0.15) is 11.9 Å². The second-order valence-electron chi connectivity index (χ2n) is 8.03. The molecule has 0 spiro atoms. The van der Waals surface area contributed by atoms with E-state index in [0.717, 1.165) is 17.1 Å². The number of benzene rings is 2. The summed E-state index contributed by atoms with van der Waals surface area (Å²) in [5.74, 6) is 0.700. The smallest absolute Gasteiger partial charge is 0.254 e. The second kappa shape index (κ2) is 8.66. The Morgan fingerprint density at radius 3 is 2.34 bits per heavy atom. The van der Waals surface area contributed by atoms with Crippen molar-refractivity contribution in [1.82, 2.24) is 15.1 Å². The van der Waals surface area contributed by atoms with Crippen LogP contribution in [0.4, 0.5) is 11.4 Å². The van der Waals surface area contributed by atoms with Gasteiger partial charge in [0, 0.05) is 24.3 Å². The summed E-state index contributed by atoms with van der Waals surface area (Å²) in [6.45, 7) is 2.46. The lowest BCUT2D eigenvalue weighted by Crippen LogP contribution is -2.56. The van der Waals surface area contributed by atoms with Crippen molar-refractivity contribution in [3.8, 4) is 5.75 Å². The van der Waals surface area contributed by atoms with Gasteiger partial charge in [-0.25, -0.2) is 0 Å². The fourth-order valence-corrected chi connectivity index (χ4v) is 3.82. The third kappa shape index (κ3) is 4.25. The third-order valence-corrected chi connectivity index (χ3v) is 5.77. The molecular weight excluding hydrogens is 406 g/mol. The number of ether oxygens (including phenoxy) is 1. The molecule has 2 aromatic carbocycles. The van der Waals surface area contributed by atoms with Gasteiger partial charge in [-0.2, -0.15) is 10.2 Å². The Kier molecular flexibility index (Phi) is 5.41. The number of likely N-dealkylation sites (tertiary alicyclic amines) is 1. The first kappa shape index (κ1) is 20.0. The molecule has 0 atom stereocenters. The summed E-state index contributed by atoms with van der Waals surface area (Å²) in [6, 6.07) is 18.5. The molecule has 0 bridgehead atoms. The average molecular weight is 429 g/mol. The van der Waals surface area contributed by atoms with E-state index in [1.165, 1.54) is 0 Å². The summed E-state index contributed by atoms with van der Waals surface area (Å²) in [5, 5.41) is 10.6. The lowest BCUT2D eigenvalue weighted by atomic mass is 9.98. The van der Waals surface area contributed by atoms with Crippen molar-refractivity contribution in [2.75, 3.05) is 36.4 Å². The number of anilines is 2. The maximum atomic E-state index is 12.5. The van der Waals surface area contributed by atoms with Gasteiger partial charge in [0.2, 0.25) is 5.91 Å². The molecule has 3 aromatic rings. The normalized spacial score (nSPS) is 16.1. The Labute approximate surface area is 185 Å². The van der Waals surface area contributed by atoms with Gasteiger partial charge in [-0.15, -0.1) is 0 Å². The van der Waals surface area contributed by atoms with E-state index in [4.69, 9.17) is 4.74 Å². The van der Waals surface area contributed by atoms with Crippen molar-refractivity contribution < 1.29 is 14.3 Å². The predicted octanol–water partition coefficient (Wildman–Crippen LogP) is 2.45. The number of hydrogen-bond donors (Lipinski definition) is 1. The molecule has 2 saturated heterocycles. The molecule has 2 aliphatic heterocycles. The number of amides is 2. The van der Waals surface area contributed by atoms with Crippen molar-refractivity contribution in [1.29, 1.82) is 0 Å². The maximum Gasteiger partial charge on any atom is 0.254 e. The first-order chi connectivity index (χ1) is 15.7. The third-order valence-electron chi connectivity index (χ3n) is 5.77. The van der Waals surface area contributed by atoms with E-state index in [-0.39, 0.29) is 23.8 Å². The zero-order valence-electron chi connectivity index (χ0n) is 17.4. The van der Waals surface area contributed by atoms with Crippen LogP contribution in [-0.4, -0.2) is 59.2 Å². The van der Waals surface area contributed by atoms with Crippen LogP contribution in [0.15, 0.2) is 73.1 Å². The molecule has 32 heavy (non-hydrogen) atoms. The van der Waals surface area contributed by atoms with Crippen molar-refractivity contribution in [2.45, 2.75) is 6.10 Å². The molecule has 1 aromatic heterocycles. The summed E-state index contributed by atoms with van der Waals surface area (Å²) in [6.07, 6.45) is 3.33. The minimum atomic E-state index is -0.0535. The van der Waals surface area contributed by atoms with Crippen LogP contribution in [0.25, 0.3) is 0 Å². The van der Waals surface area contributed by atoms with Crippen LogP contribution in [0.1, 0.15) is 10.4 Å². The fourth-order valence-electron chi connectivity index (χ4n) is 3.82. The summed E-state index contributed by atoms with van der Waals surface area (Å²) in [4.78, 5) is 28.7. The van der Waals surface area contributed by atoms with Crippen molar-refractivity contribution in [2.24, 2.45) is 5.92 Å². The largest absolute Gasteiger partial charge is 0.487 e. The van der Waals surface area contributed by atoms with Crippen LogP contribution in [-0.2, 0) is 4.79 Å². The Bertz CT molecular complexity index is 1080. The highest BCUT2D eigenvalue weighted by Gasteiger charge is 2.34. The molecule has 2 fully saturated rings. The average Bonchev–Trinajstić information content (AvgIpc) is 2.77. The highest BCUT2D eigenvalue weighted by atomic mass is 16.5. The van der Waals surface area contributed by atoms with Gasteiger partial charge in [0.15, 0.2) is 0 Å². The van der Waals surface area contributed by atoms with E-state index < -0.39 is 0 Å². The summed E-state index contributed by atoms with van der Waals surface area (Å²) >= 11 is 0. The monoisotopic (exact) mass is 429 g/mol. The van der Waals surface area contributed by atoms with E-state index in [9.17, 15) is 9.59 Å². The van der Waals surface area contributed by atoms with Gasteiger partial charge < -0.3 is 19.9 Å². The molecule has 0 unspecified atom stereocenters. The summed E-state index contributed by atoms with van der Waals surface area (Å²) < 4.78 is 5.95. The van der Waals surface area contributed by atoms with Crippen molar-refractivity contribution >= 4 is 23.2 Å². The number of rotatable bonds is 6. The zero-order chi connectivity index (χ0) is 21.9. The van der Waals surface area contributed by atoms with Crippen LogP contribution in [0.5, 0.6) is 5.75 Å². The number of carbonyl (C=O) groups is 2. The van der Waals surface area contributed by atoms with Gasteiger partial charge in [0.05, 0.1) is 37.1 Å². The standard InChI is InChI=1S/C24H23N5O3/c30-23(18-13-28(14-18)20-10-11-25-26-12-20)27-19-6-8-21(9-7-19)32-22-15-29(16-22)24(31)17-4-2-1-3-5-17/h1-12,18,22H,13-16H2,(H,27,30).